The van der Waals surface area contributed by atoms with Crippen LogP contribution in [0.15, 0.2) is 30.3 Å². The zero-order valence-corrected chi connectivity index (χ0v) is 10.3. The lowest BCUT2D eigenvalue weighted by molar-refractivity contribution is -0.134. The zero-order chi connectivity index (χ0) is 13.5. The van der Waals surface area contributed by atoms with Gasteiger partial charge in [-0.1, -0.05) is 18.2 Å². The van der Waals surface area contributed by atoms with Crippen molar-refractivity contribution >= 4 is 19.4 Å². The Morgan fingerprint density at radius 3 is 1.76 bits per heavy atom. The van der Waals surface area contributed by atoms with Gasteiger partial charge in [0.15, 0.2) is 11.6 Å². The van der Waals surface area contributed by atoms with Gasteiger partial charge in [-0.2, -0.15) is 0 Å². The summed E-state index contributed by atoms with van der Waals surface area (Å²) >= 11 is 0. The predicted molar refractivity (Wildman–Crippen MR) is 60.5 cm³/mol. The van der Waals surface area contributed by atoms with Gasteiger partial charge in [0.1, 0.15) is 5.75 Å². The first kappa shape index (κ1) is 15.5. The van der Waals surface area contributed by atoms with Gasteiger partial charge < -0.3 is 4.52 Å². The van der Waals surface area contributed by atoms with Crippen LogP contribution in [0.1, 0.15) is 13.8 Å². The summed E-state index contributed by atoms with van der Waals surface area (Å²) < 4.78 is 14.5. The molecule has 1 aromatic rings. The van der Waals surface area contributed by atoms with E-state index in [0.29, 0.717) is 0 Å². The zero-order valence-electron chi connectivity index (χ0n) is 9.36. The van der Waals surface area contributed by atoms with Gasteiger partial charge in [0, 0.05) is 13.8 Å². The Hall–Kier alpha value is -1.49. The normalized spacial score (nSPS) is 9.88. The van der Waals surface area contributed by atoms with Gasteiger partial charge in [-0.15, -0.1) is 0 Å². The number of ketones is 2. The van der Waals surface area contributed by atoms with Crippen LogP contribution in [0.25, 0.3) is 0 Å². The Morgan fingerprint density at radius 1 is 1.06 bits per heavy atom. The summed E-state index contributed by atoms with van der Waals surface area (Å²) in [7, 11) is -4.39. The van der Waals surface area contributed by atoms with Crippen LogP contribution in [0.3, 0.4) is 0 Å². The Balaban J connectivity index is 0.000000366. The van der Waals surface area contributed by atoms with Gasteiger partial charge in [0.2, 0.25) is 0 Å². The average Bonchev–Trinajstić information content (AvgIpc) is 2.17. The van der Waals surface area contributed by atoms with Crippen LogP contribution in [0.2, 0.25) is 0 Å². The minimum absolute atomic E-state index is 0.167. The van der Waals surface area contributed by atoms with E-state index in [4.69, 9.17) is 9.79 Å². The van der Waals surface area contributed by atoms with E-state index in [1.54, 1.807) is 18.2 Å². The first-order valence-electron chi connectivity index (χ1n) is 4.54. The molecule has 0 fully saturated rings. The molecule has 0 atom stereocenters. The molecule has 1 aromatic carbocycles. The summed E-state index contributed by atoms with van der Waals surface area (Å²) in [5, 5.41) is 0. The van der Waals surface area contributed by atoms with Gasteiger partial charge in [-0.3, -0.25) is 19.4 Å². The van der Waals surface area contributed by atoms with Crippen molar-refractivity contribution in [2.75, 3.05) is 0 Å². The van der Waals surface area contributed by atoms with Crippen LogP contribution in [0, 0.1) is 0 Å². The van der Waals surface area contributed by atoms with Crippen LogP contribution in [-0.2, 0) is 14.2 Å². The minimum Gasteiger partial charge on any atom is -0.404 e. The van der Waals surface area contributed by atoms with Crippen molar-refractivity contribution in [3.63, 3.8) is 0 Å². The van der Waals surface area contributed by atoms with Crippen molar-refractivity contribution in [3.05, 3.63) is 30.3 Å². The molecule has 0 aromatic heterocycles. The lowest BCUT2D eigenvalue weighted by Gasteiger charge is -2.04. The minimum atomic E-state index is -4.39. The van der Waals surface area contributed by atoms with Gasteiger partial charge in [0.05, 0.1) is 0 Å². The van der Waals surface area contributed by atoms with Crippen molar-refractivity contribution in [2.45, 2.75) is 13.8 Å². The van der Waals surface area contributed by atoms with E-state index in [1.165, 1.54) is 26.0 Å². The fourth-order valence-electron chi connectivity index (χ4n) is 0.619. The molecule has 0 unspecified atom stereocenters. The number of hydrogen-bond donors (Lipinski definition) is 2. The Morgan fingerprint density at radius 2 is 1.47 bits per heavy atom. The molecular weight excluding hydrogens is 247 g/mol. The van der Waals surface area contributed by atoms with Crippen molar-refractivity contribution in [1.82, 2.24) is 0 Å². The molecule has 0 bridgehead atoms. The standard InChI is InChI=1S/C6H7O4P.C4H6O2/c7-11(8,9)10-6-4-2-1-3-5-6;1-3(5)4(2)6/h1-5H,(H2,7,8,9);1-2H3. The number of benzene rings is 1. The lowest BCUT2D eigenvalue weighted by atomic mass is 10.3. The molecular formula is C10H13O6P. The Kier molecular flexibility index (Phi) is 6.35. The maximum Gasteiger partial charge on any atom is 0.524 e. The SMILES string of the molecule is CC(=O)C(C)=O.O=P(O)(O)Oc1ccccc1. The maximum atomic E-state index is 10.3. The van der Waals surface area contributed by atoms with Crippen molar-refractivity contribution in [3.8, 4) is 5.75 Å². The molecule has 0 aliphatic heterocycles. The molecule has 6 nitrogen and oxygen atoms in total. The largest absolute Gasteiger partial charge is 0.524 e. The molecule has 0 heterocycles. The summed E-state index contributed by atoms with van der Waals surface area (Å²) in [6.07, 6.45) is 0. The Labute approximate surface area is 98.5 Å². The molecule has 0 saturated heterocycles. The van der Waals surface area contributed by atoms with E-state index >= 15 is 0 Å². The third-order valence-corrected chi connectivity index (χ3v) is 1.91. The summed E-state index contributed by atoms with van der Waals surface area (Å²) in [5.74, 6) is -0.592. The van der Waals surface area contributed by atoms with Gasteiger partial charge in [0.25, 0.3) is 0 Å². The Bertz CT molecular complexity index is 410. The van der Waals surface area contributed by atoms with E-state index in [9.17, 15) is 14.2 Å². The second-order valence-electron chi connectivity index (χ2n) is 3.01. The second kappa shape index (κ2) is 6.96. The molecule has 0 amide bonds. The summed E-state index contributed by atoms with van der Waals surface area (Å²) in [4.78, 5) is 36.3. The molecule has 0 aliphatic carbocycles. The van der Waals surface area contributed by atoms with Crippen LogP contribution in [0.5, 0.6) is 5.75 Å². The third-order valence-electron chi connectivity index (χ3n) is 1.46. The quantitative estimate of drug-likeness (QED) is 0.628. The van der Waals surface area contributed by atoms with Crippen molar-refractivity contribution in [2.24, 2.45) is 0 Å². The van der Waals surface area contributed by atoms with E-state index in [-0.39, 0.29) is 17.3 Å². The first-order chi connectivity index (χ1) is 7.72. The highest BCUT2D eigenvalue weighted by molar-refractivity contribution is 7.46. The number of rotatable bonds is 3. The van der Waals surface area contributed by atoms with E-state index in [1.807, 2.05) is 0 Å². The van der Waals surface area contributed by atoms with Crippen LogP contribution in [-0.4, -0.2) is 21.4 Å². The summed E-state index contributed by atoms with van der Waals surface area (Å²) in [5.41, 5.74) is 0. The molecule has 7 heteroatoms. The fourth-order valence-corrected chi connectivity index (χ4v) is 1.02. The molecule has 0 saturated carbocycles. The van der Waals surface area contributed by atoms with Crippen LogP contribution >= 0.6 is 7.82 Å². The number of Topliss-reactive ketones (excluding diaryl/α,β-unsaturated/α-hetero) is 2. The molecule has 0 aliphatic rings. The topological polar surface area (TPSA) is 101 Å². The second-order valence-corrected chi connectivity index (χ2v) is 4.17. The van der Waals surface area contributed by atoms with E-state index in [0.717, 1.165) is 0 Å². The predicted octanol–water partition coefficient (Wildman–Crippen LogP) is 1.32. The maximum absolute atomic E-state index is 10.3. The highest BCUT2D eigenvalue weighted by Crippen LogP contribution is 2.36. The lowest BCUT2D eigenvalue weighted by Crippen LogP contribution is -2.01. The molecule has 0 radical (unpaired) electrons. The van der Waals surface area contributed by atoms with Crippen molar-refractivity contribution in [1.29, 1.82) is 0 Å². The average molecular weight is 260 g/mol. The highest BCUT2D eigenvalue weighted by Gasteiger charge is 2.14. The summed E-state index contributed by atoms with van der Waals surface area (Å²) in [6, 6.07) is 7.93. The molecule has 0 spiro atoms. The summed E-state index contributed by atoms with van der Waals surface area (Å²) in [6.45, 7) is 2.50. The number of para-hydroxylation sites is 1. The molecule has 94 valence electrons. The van der Waals surface area contributed by atoms with Crippen LogP contribution in [0.4, 0.5) is 0 Å². The molecule has 17 heavy (non-hydrogen) atoms. The van der Waals surface area contributed by atoms with Crippen LogP contribution < -0.4 is 4.52 Å². The number of carbonyl (C=O) groups excluding carboxylic acids is 2. The fraction of sp³-hybridized carbons (Fsp3) is 0.200. The number of phosphoric acid groups is 1. The van der Waals surface area contributed by atoms with Gasteiger partial charge >= 0.3 is 7.82 Å². The monoisotopic (exact) mass is 260 g/mol. The number of carbonyl (C=O) groups is 2. The van der Waals surface area contributed by atoms with E-state index < -0.39 is 7.82 Å². The molecule has 1 rings (SSSR count). The third kappa shape index (κ3) is 9.44. The van der Waals surface area contributed by atoms with E-state index in [2.05, 4.69) is 4.52 Å². The smallest absolute Gasteiger partial charge is 0.404 e. The van der Waals surface area contributed by atoms with Crippen molar-refractivity contribution < 1.29 is 28.5 Å². The molecule has 2 N–H and O–H groups in total. The van der Waals surface area contributed by atoms with Gasteiger partial charge in [-0.05, 0) is 12.1 Å². The van der Waals surface area contributed by atoms with Gasteiger partial charge in [-0.25, -0.2) is 4.57 Å². The highest BCUT2D eigenvalue weighted by atomic mass is 31.2. The number of hydrogen-bond acceptors (Lipinski definition) is 4. The number of phosphoric ester groups is 1. The first-order valence-corrected chi connectivity index (χ1v) is 6.07.